The molecule has 1 saturated carbocycles. The third-order valence-corrected chi connectivity index (χ3v) is 2.69. The molecule has 2 aliphatic carbocycles. The number of hydrogen-bond acceptors (Lipinski definition) is 0. The van der Waals surface area contributed by atoms with Gasteiger partial charge >= 0.3 is 0 Å². The van der Waals surface area contributed by atoms with E-state index in [0.717, 1.165) is 11.8 Å². The Morgan fingerprint density at radius 1 is 1.60 bits per heavy atom. The van der Waals surface area contributed by atoms with E-state index in [2.05, 4.69) is 19.6 Å². The third-order valence-electron chi connectivity index (χ3n) is 2.69. The molecule has 0 amide bonds. The maximum absolute atomic E-state index is 3.49. The number of rotatable bonds is 1. The van der Waals surface area contributed by atoms with E-state index in [1.165, 1.54) is 24.8 Å². The van der Waals surface area contributed by atoms with E-state index in [4.69, 9.17) is 0 Å². The lowest BCUT2D eigenvalue weighted by molar-refractivity contribution is 0.718. The zero-order valence-corrected chi connectivity index (χ0v) is 6.78. The molecule has 0 nitrogen and oxygen atoms in total. The van der Waals surface area contributed by atoms with Crippen molar-refractivity contribution in [3.8, 4) is 0 Å². The number of allylic oxidation sites excluding steroid dienone is 1. The predicted octanol–water partition coefficient (Wildman–Crippen LogP) is 2.91. The van der Waals surface area contributed by atoms with Gasteiger partial charge in [-0.1, -0.05) is 6.92 Å². The van der Waals surface area contributed by atoms with E-state index in [1.807, 2.05) is 0 Å². The molecule has 0 aromatic rings. The van der Waals surface area contributed by atoms with Gasteiger partial charge in [-0.15, -0.1) is 5.73 Å². The monoisotopic (exact) mass is 134 g/mol. The van der Waals surface area contributed by atoms with Gasteiger partial charge in [0.05, 0.1) is 0 Å². The Morgan fingerprint density at radius 3 is 3.10 bits per heavy atom. The molecular weight excluding hydrogens is 120 g/mol. The minimum absolute atomic E-state index is 0.952. The SMILES string of the molecule is CCC1=C=C(C)CC2CC12. The molecule has 0 spiro atoms. The Kier molecular flexibility index (Phi) is 1.25. The van der Waals surface area contributed by atoms with Gasteiger partial charge in [-0.05, 0) is 49.2 Å². The van der Waals surface area contributed by atoms with Crippen molar-refractivity contribution in [2.45, 2.75) is 33.1 Å². The first-order valence-corrected chi connectivity index (χ1v) is 4.26. The highest BCUT2D eigenvalue weighted by molar-refractivity contribution is 5.23. The zero-order valence-electron chi connectivity index (χ0n) is 6.78. The van der Waals surface area contributed by atoms with Crippen LogP contribution in [0.3, 0.4) is 0 Å². The first kappa shape index (κ1) is 6.24. The highest BCUT2D eigenvalue weighted by Gasteiger charge is 2.40. The minimum atomic E-state index is 0.952. The van der Waals surface area contributed by atoms with Crippen molar-refractivity contribution >= 4 is 0 Å². The summed E-state index contributed by atoms with van der Waals surface area (Å²) in [6.45, 7) is 4.46. The second-order valence-corrected chi connectivity index (χ2v) is 3.59. The van der Waals surface area contributed by atoms with Crippen LogP contribution in [0.15, 0.2) is 16.9 Å². The molecule has 2 unspecified atom stereocenters. The van der Waals surface area contributed by atoms with Gasteiger partial charge in [0.2, 0.25) is 0 Å². The highest BCUT2D eigenvalue weighted by atomic mass is 14.4. The third kappa shape index (κ3) is 0.839. The molecule has 0 radical (unpaired) electrons. The molecule has 2 aliphatic rings. The summed E-state index contributed by atoms with van der Waals surface area (Å²) in [5, 5.41) is 0. The van der Waals surface area contributed by atoms with Crippen LogP contribution in [0.25, 0.3) is 0 Å². The largest absolute Gasteiger partial charge is 0.123 e. The maximum atomic E-state index is 3.49. The molecule has 0 aromatic heterocycles. The molecule has 1 fully saturated rings. The van der Waals surface area contributed by atoms with Crippen LogP contribution >= 0.6 is 0 Å². The van der Waals surface area contributed by atoms with Crippen LogP contribution in [-0.4, -0.2) is 0 Å². The summed E-state index contributed by atoms with van der Waals surface area (Å²) in [5.41, 5.74) is 6.56. The van der Waals surface area contributed by atoms with E-state index in [9.17, 15) is 0 Å². The van der Waals surface area contributed by atoms with Crippen LogP contribution in [0.5, 0.6) is 0 Å². The average Bonchev–Trinajstić information content (AvgIpc) is 2.64. The van der Waals surface area contributed by atoms with Crippen molar-refractivity contribution in [1.82, 2.24) is 0 Å². The van der Waals surface area contributed by atoms with Crippen LogP contribution in [-0.2, 0) is 0 Å². The number of fused-ring (bicyclic) bond motifs is 1. The van der Waals surface area contributed by atoms with Crippen molar-refractivity contribution in [3.05, 3.63) is 16.9 Å². The van der Waals surface area contributed by atoms with E-state index in [-0.39, 0.29) is 0 Å². The van der Waals surface area contributed by atoms with Crippen molar-refractivity contribution in [2.75, 3.05) is 0 Å². The second-order valence-electron chi connectivity index (χ2n) is 3.59. The second kappa shape index (κ2) is 2.00. The van der Waals surface area contributed by atoms with Gasteiger partial charge in [0.25, 0.3) is 0 Å². The molecule has 54 valence electrons. The van der Waals surface area contributed by atoms with Gasteiger partial charge in [0, 0.05) is 0 Å². The first-order valence-electron chi connectivity index (χ1n) is 4.26. The Labute approximate surface area is 62.6 Å². The molecule has 0 aliphatic heterocycles. The van der Waals surface area contributed by atoms with E-state index >= 15 is 0 Å². The standard InChI is InChI=1S/C10H14/c1-3-8-4-7(2)5-9-6-10(8)9/h9-10H,3,5-6H2,1-2H3. The van der Waals surface area contributed by atoms with E-state index < -0.39 is 0 Å². The van der Waals surface area contributed by atoms with Crippen LogP contribution in [0, 0.1) is 11.8 Å². The van der Waals surface area contributed by atoms with Gasteiger partial charge in [0.15, 0.2) is 0 Å². The van der Waals surface area contributed by atoms with Crippen molar-refractivity contribution in [3.63, 3.8) is 0 Å². The van der Waals surface area contributed by atoms with E-state index in [1.54, 1.807) is 5.57 Å². The fourth-order valence-corrected chi connectivity index (χ4v) is 2.06. The summed E-state index contributed by atoms with van der Waals surface area (Å²) in [6.07, 6.45) is 4.00. The molecule has 2 atom stereocenters. The summed E-state index contributed by atoms with van der Waals surface area (Å²) in [7, 11) is 0. The summed E-state index contributed by atoms with van der Waals surface area (Å²) < 4.78 is 0. The van der Waals surface area contributed by atoms with E-state index in [0.29, 0.717) is 0 Å². The average molecular weight is 134 g/mol. The maximum Gasteiger partial charge on any atom is -0.00924 e. The Bertz CT molecular complexity index is 216. The lowest BCUT2D eigenvalue weighted by Gasteiger charge is -2.06. The summed E-state index contributed by atoms with van der Waals surface area (Å²) in [5.74, 6) is 1.98. The molecule has 0 bridgehead atoms. The van der Waals surface area contributed by atoms with Crippen molar-refractivity contribution in [2.24, 2.45) is 11.8 Å². The van der Waals surface area contributed by atoms with Crippen molar-refractivity contribution in [1.29, 1.82) is 0 Å². The molecular formula is C10H14. The molecule has 2 rings (SSSR count). The van der Waals surface area contributed by atoms with Crippen molar-refractivity contribution < 1.29 is 0 Å². The number of hydrogen-bond donors (Lipinski definition) is 0. The van der Waals surface area contributed by atoms with Crippen LogP contribution in [0.4, 0.5) is 0 Å². The smallest absolute Gasteiger partial charge is 0.00924 e. The molecule has 0 heterocycles. The normalized spacial score (nSPS) is 36.2. The summed E-state index contributed by atoms with van der Waals surface area (Å²) in [6, 6.07) is 0. The topological polar surface area (TPSA) is 0 Å². The highest BCUT2D eigenvalue weighted by Crippen LogP contribution is 2.50. The summed E-state index contributed by atoms with van der Waals surface area (Å²) >= 11 is 0. The van der Waals surface area contributed by atoms with Crippen LogP contribution in [0.2, 0.25) is 0 Å². The summed E-state index contributed by atoms with van der Waals surface area (Å²) in [4.78, 5) is 0. The Balaban J connectivity index is 2.31. The van der Waals surface area contributed by atoms with Gasteiger partial charge in [0.1, 0.15) is 0 Å². The minimum Gasteiger partial charge on any atom is -0.123 e. The van der Waals surface area contributed by atoms with Crippen LogP contribution < -0.4 is 0 Å². The van der Waals surface area contributed by atoms with Gasteiger partial charge in [-0.3, -0.25) is 0 Å². The molecule has 0 N–H and O–H groups in total. The molecule has 10 heavy (non-hydrogen) atoms. The van der Waals surface area contributed by atoms with Gasteiger partial charge in [-0.25, -0.2) is 0 Å². The Hall–Kier alpha value is -0.480. The first-order chi connectivity index (χ1) is 4.81. The predicted molar refractivity (Wildman–Crippen MR) is 42.7 cm³/mol. The molecule has 0 aromatic carbocycles. The molecule has 0 heteroatoms. The quantitative estimate of drug-likeness (QED) is 0.484. The lowest BCUT2D eigenvalue weighted by atomic mass is 9.98. The van der Waals surface area contributed by atoms with Gasteiger partial charge in [-0.2, -0.15) is 0 Å². The lowest BCUT2D eigenvalue weighted by Crippen LogP contribution is -1.93. The zero-order chi connectivity index (χ0) is 7.14. The van der Waals surface area contributed by atoms with Gasteiger partial charge < -0.3 is 0 Å². The van der Waals surface area contributed by atoms with Crippen LogP contribution in [0.1, 0.15) is 33.1 Å². The molecule has 0 saturated heterocycles. The Morgan fingerprint density at radius 2 is 2.40 bits per heavy atom. The fraction of sp³-hybridized carbons (Fsp3) is 0.700. The fourth-order valence-electron chi connectivity index (χ4n) is 2.06.